The molecule has 0 unspecified atom stereocenters. The Hall–Kier alpha value is -2.04. The largest absolute Gasteiger partial charge is 0.367 e. The lowest BCUT2D eigenvalue weighted by molar-refractivity contribution is 0.647. The molecule has 0 aliphatic carbocycles. The number of anilines is 2. The molecule has 3 aromatic rings. The number of aryl methyl sites for hydroxylation is 2. The average molecular weight is 407 g/mol. The highest BCUT2D eigenvalue weighted by atomic mass is 32.2. The Morgan fingerprint density at radius 2 is 1.32 bits per heavy atom. The minimum Gasteiger partial charge on any atom is -0.367 e. The lowest BCUT2D eigenvalue weighted by Crippen LogP contribution is -2.46. The molecule has 1 fully saturated rings. The molecular weight excluding hydrogens is 380 g/mol. The summed E-state index contributed by atoms with van der Waals surface area (Å²) in [6.45, 7) is 8.42. The molecule has 0 aromatic heterocycles. The Morgan fingerprint density at radius 3 is 2.00 bits per heavy atom. The second-order valence-electron chi connectivity index (χ2n) is 7.30. The van der Waals surface area contributed by atoms with E-state index in [1.54, 1.807) is 0 Å². The molecule has 1 heterocycles. The van der Waals surface area contributed by atoms with Gasteiger partial charge in [-0.15, -0.1) is 12.6 Å². The van der Waals surface area contributed by atoms with Crippen LogP contribution < -0.4 is 9.80 Å². The lowest BCUT2D eigenvalue weighted by atomic mass is 10.2. The van der Waals surface area contributed by atoms with Crippen LogP contribution in [0.15, 0.2) is 81.4 Å². The molecule has 1 saturated heterocycles. The molecule has 0 radical (unpaired) electrons. The van der Waals surface area contributed by atoms with Gasteiger partial charge in [-0.1, -0.05) is 53.7 Å². The van der Waals surface area contributed by atoms with Crippen LogP contribution in [0.5, 0.6) is 0 Å². The highest BCUT2D eigenvalue weighted by Crippen LogP contribution is 2.37. The molecule has 28 heavy (non-hydrogen) atoms. The van der Waals surface area contributed by atoms with E-state index in [2.05, 4.69) is 96.9 Å². The van der Waals surface area contributed by atoms with Gasteiger partial charge in [0.2, 0.25) is 0 Å². The van der Waals surface area contributed by atoms with Gasteiger partial charge in [0.1, 0.15) is 0 Å². The van der Waals surface area contributed by atoms with Gasteiger partial charge in [-0.05, 0) is 49.7 Å². The third-order valence-electron chi connectivity index (χ3n) is 5.26. The predicted octanol–water partition coefficient (Wildman–Crippen LogP) is 6.07. The van der Waals surface area contributed by atoms with E-state index in [1.165, 1.54) is 32.3 Å². The molecule has 0 atom stereocenters. The van der Waals surface area contributed by atoms with Crippen molar-refractivity contribution in [2.75, 3.05) is 36.0 Å². The van der Waals surface area contributed by atoms with Gasteiger partial charge in [-0.25, -0.2) is 0 Å². The van der Waals surface area contributed by atoms with Crippen LogP contribution in [0, 0.1) is 13.8 Å². The summed E-state index contributed by atoms with van der Waals surface area (Å²) in [7, 11) is 0. The summed E-state index contributed by atoms with van der Waals surface area (Å²) in [6, 6.07) is 23.9. The number of rotatable bonds is 4. The van der Waals surface area contributed by atoms with Crippen molar-refractivity contribution < 1.29 is 0 Å². The molecule has 4 heteroatoms. The molecule has 0 amide bonds. The highest BCUT2D eigenvalue weighted by Gasteiger charge is 2.20. The van der Waals surface area contributed by atoms with Gasteiger partial charge in [0.05, 0.1) is 11.4 Å². The van der Waals surface area contributed by atoms with Gasteiger partial charge in [0, 0.05) is 40.9 Å². The fraction of sp³-hybridized carbons (Fsp3) is 0.250. The summed E-state index contributed by atoms with van der Waals surface area (Å²) in [5.74, 6) is 0. The van der Waals surface area contributed by atoms with E-state index in [4.69, 9.17) is 0 Å². The van der Waals surface area contributed by atoms with Crippen LogP contribution in [0.1, 0.15) is 11.1 Å². The third-order valence-corrected chi connectivity index (χ3v) is 6.88. The Kier molecular flexibility index (Phi) is 5.88. The number of benzene rings is 3. The van der Waals surface area contributed by atoms with Crippen molar-refractivity contribution in [1.29, 1.82) is 0 Å². The second kappa shape index (κ2) is 8.54. The summed E-state index contributed by atoms with van der Waals surface area (Å²) >= 11 is 6.51. The third kappa shape index (κ3) is 4.18. The zero-order valence-corrected chi connectivity index (χ0v) is 18.1. The van der Waals surface area contributed by atoms with Crippen molar-refractivity contribution in [2.45, 2.75) is 28.5 Å². The first-order chi connectivity index (χ1) is 13.6. The molecule has 2 nitrogen and oxygen atoms in total. The van der Waals surface area contributed by atoms with Gasteiger partial charge in [0.15, 0.2) is 0 Å². The molecule has 0 spiro atoms. The summed E-state index contributed by atoms with van der Waals surface area (Å²) in [5.41, 5.74) is 5.24. The van der Waals surface area contributed by atoms with Crippen LogP contribution in [0.4, 0.5) is 11.4 Å². The number of hydrogen-bond donors (Lipinski definition) is 1. The van der Waals surface area contributed by atoms with Gasteiger partial charge in [-0.3, -0.25) is 0 Å². The SMILES string of the molecule is Cc1ccc(Sc2ccccc2N2CCN(c3ccccc3S)CC2)c(C)c1. The van der Waals surface area contributed by atoms with Crippen molar-refractivity contribution in [3.8, 4) is 0 Å². The Morgan fingerprint density at radius 1 is 0.714 bits per heavy atom. The summed E-state index contributed by atoms with van der Waals surface area (Å²) in [4.78, 5) is 8.68. The van der Waals surface area contributed by atoms with Crippen molar-refractivity contribution in [3.05, 3.63) is 77.9 Å². The molecule has 1 aliphatic heterocycles. The Labute approximate surface area is 178 Å². The van der Waals surface area contributed by atoms with E-state index in [0.717, 1.165) is 31.1 Å². The maximum atomic E-state index is 4.63. The number of para-hydroxylation sites is 2. The van der Waals surface area contributed by atoms with Crippen LogP contribution >= 0.6 is 24.4 Å². The maximum Gasteiger partial charge on any atom is 0.0509 e. The van der Waals surface area contributed by atoms with Crippen LogP contribution in [-0.4, -0.2) is 26.2 Å². The average Bonchev–Trinajstić information content (AvgIpc) is 2.71. The van der Waals surface area contributed by atoms with E-state index in [1.807, 2.05) is 17.8 Å². The molecule has 3 aromatic carbocycles. The number of thiol groups is 1. The normalized spacial score (nSPS) is 14.4. The van der Waals surface area contributed by atoms with Crippen molar-refractivity contribution in [2.24, 2.45) is 0 Å². The van der Waals surface area contributed by atoms with Gasteiger partial charge in [-0.2, -0.15) is 0 Å². The van der Waals surface area contributed by atoms with Crippen molar-refractivity contribution in [1.82, 2.24) is 0 Å². The fourth-order valence-electron chi connectivity index (χ4n) is 3.76. The summed E-state index contributed by atoms with van der Waals surface area (Å²) in [6.07, 6.45) is 0. The summed E-state index contributed by atoms with van der Waals surface area (Å²) in [5, 5.41) is 0. The topological polar surface area (TPSA) is 6.48 Å². The number of hydrogen-bond acceptors (Lipinski definition) is 4. The van der Waals surface area contributed by atoms with Gasteiger partial charge >= 0.3 is 0 Å². The predicted molar refractivity (Wildman–Crippen MR) is 125 cm³/mol. The Balaban J connectivity index is 1.51. The lowest BCUT2D eigenvalue weighted by Gasteiger charge is -2.38. The fourth-order valence-corrected chi connectivity index (χ4v) is 5.10. The molecule has 4 rings (SSSR count). The summed E-state index contributed by atoms with van der Waals surface area (Å²) < 4.78 is 0. The molecule has 1 aliphatic rings. The highest BCUT2D eigenvalue weighted by molar-refractivity contribution is 7.99. The maximum absolute atomic E-state index is 4.63. The number of piperazine rings is 1. The van der Waals surface area contributed by atoms with Gasteiger partial charge in [0.25, 0.3) is 0 Å². The van der Waals surface area contributed by atoms with Crippen LogP contribution in [-0.2, 0) is 0 Å². The molecular formula is C24H26N2S2. The van der Waals surface area contributed by atoms with Crippen LogP contribution in [0.25, 0.3) is 0 Å². The van der Waals surface area contributed by atoms with E-state index < -0.39 is 0 Å². The van der Waals surface area contributed by atoms with Crippen molar-refractivity contribution >= 4 is 35.8 Å². The molecule has 144 valence electrons. The van der Waals surface area contributed by atoms with Crippen molar-refractivity contribution in [3.63, 3.8) is 0 Å². The zero-order chi connectivity index (χ0) is 19.5. The molecule has 0 bridgehead atoms. The Bertz CT molecular complexity index is 962. The van der Waals surface area contributed by atoms with Gasteiger partial charge < -0.3 is 9.80 Å². The standard InChI is InChI=1S/C24H26N2S2/c1-18-11-12-23(19(2)17-18)28-24-10-6-4-8-21(24)26-15-13-25(14-16-26)20-7-3-5-9-22(20)27/h3-12,17,27H,13-16H2,1-2H3. The first-order valence-corrected chi connectivity index (χ1v) is 11.0. The van der Waals surface area contributed by atoms with E-state index >= 15 is 0 Å². The first-order valence-electron chi connectivity index (χ1n) is 9.74. The minimum atomic E-state index is 1.01. The van der Waals surface area contributed by atoms with Crippen LogP contribution in [0.2, 0.25) is 0 Å². The monoisotopic (exact) mass is 406 g/mol. The second-order valence-corrected chi connectivity index (χ2v) is 8.87. The van der Waals surface area contributed by atoms with E-state index in [9.17, 15) is 0 Å². The smallest absolute Gasteiger partial charge is 0.0509 e. The van der Waals surface area contributed by atoms with E-state index in [0.29, 0.717) is 0 Å². The minimum absolute atomic E-state index is 1.01. The molecule has 0 N–H and O–H groups in total. The quantitative estimate of drug-likeness (QED) is 0.526. The molecule has 0 saturated carbocycles. The van der Waals surface area contributed by atoms with E-state index in [-0.39, 0.29) is 0 Å². The zero-order valence-electron chi connectivity index (χ0n) is 16.4. The number of nitrogens with zero attached hydrogens (tertiary/aromatic N) is 2. The first kappa shape index (κ1) is 19.3. The van der Waals surface area contributed by atoms with Crippen LogP contribution in [0.3, 0.4) is 0 Å².